The molecule has 2 aromatic carbocycles. The lowest BCUT2D eigenvalue weighted by molar-refractivity contribution is -0.117. The third-order valence-corrected chi connectivity index (χ3v) is 2.88. The van der Waals surface area contributed by atoms with E-state index < -0.39 is 11.8 Å². The fourth-order valence-electron chi connectivity index (χ4n) is 1.80. The second kappa shape index (κ2) is 7.64. The average Bonchev–Trinajstić information content (AvgIpc) is 2.58. The number of nitrogens with one attached hydrogen (secondary N) is 2. The molecule has 0 aliphatic rings. The zero-order valence-corrected chi connectivity index (χ0v) is 12.1. The first-order valence-electron chi connectivity index (χ1n) is 6.67. The fourth-order valence-corrected chi connectivity index (χ4v) is 1.80. The van der Waals surface area contributed by atoms with E-state index in [9.17, 15) is 9.59 Å². The summed E-state index contributed by atoms with van der Waals surface area (Å²) in [6, 6.07) is 16.2. The molecular weight excluding hydrogens is 280 g/mol. The zero-order valence-electron chi connectivity index (χ0n) is 12.1. The summed E-state index contributed by atoms with van der Waals surface area (Å²) in [7, 11) is 1.48. The molecule has 2 amide bonds. The molecule has 112 valence electrons. The van der Waals surface area contributed by atoms with Crippen LogP contribution in [0.2, 0.25) is 0 Å². The highest BCUT2D eigenvalue weighted by atomic mass is 16.5. The van der Waals surface area contributed by atoms with Gasteiger partial charge >= 0.3 is 0 Å². The predicted molar refractivity (Wildman–Crippen MR) is 84.1 cm³/mol. The number of hydrogen-bond acceptors (Lipinski definition) is 3. The Morgan fingerprint density at radius 2 is 1.64 bits per heavy atom. The maximum atomic E-state index is 12.0. The third kappa shape index (κ3) is 4.21. The minimum absolute atomic E-state index is 0.345. The Morgan fingerprint density at radius 1 is 0.955 bits per heavy atom. The summed E-state index contributed by atoms with van der Waals surface area (Å²) in [6.45, 7) is 0. The summed E-state index contributed by atoms with van der Waals surface area (Å²) in [6.07, 6.45) is 3.00. The Kier molecular flexibility index (Phi) is 5.31. The van der Waals surface area contributed by atoms with Gasteiger partial charge in [0.2, 0.25) is 0 Å². The molecule has 2 aromatic rings. The summed E-state index contributed by atoms with van der Waals surface area (Å²) in [5.41, 5.74) is 5.90. The van der Waals surface area contributed by atoms with Crippen LogP contribution in [0.4, 0.5) is 0 Å². The van der Waals surface area contributed by atoms with Crippen molar-refractivity contribution in [1.82, 2.24) is 10.9 Å². The van der Waals surface area contributed by atoms with Crippen molar-refractivity contribution in [2.24, 2.45) is 0 Å². The van der Waals surface area contributed by atoms with Crippen molar-refractivity contribution in [2.75, 3.05) is 7.11 Å². The van der Waals surface area contributed by atoms with Gasteiger partial charge in [-0.15, -0.1) is 0 Å². The zero-order chi connectivity index (χ0) is 15.8. The van der Waals surface area contributed by atoms with Crippen LogP contribution in [0.15, 0.2) is 60.7 Å². The molecule has 2 rings (SSSR count). The van der Waals surface area contributed by atoms with E-state index in [0.717, 1.165) is 5.56 Å². The molecule has 0 radical (unpaired) electrons. The quantitative estimate of drug-likeness (QED) is 0.671. The highest BCUT2D eigenvalue weighted by molar-refractivity contribution is 5.99. The molecule has 0 aliphatic heterocycles. The van der Waals surface area contributed by atoms with E-state index in [4.69, 9.17) is 4.74 Å². The normalized spacial score (nSPS) is 10.2. The van der Waals surface area contributed by atoms with Crippen molar-refractivity contribution in [3.8, 4) is 5.75 Å². The molecule has 0 unspecified atom stereocenters. The molecule has 5 heteroatoms. The Hall–Kier alpha value is -3.08. The monoisotopic (exact) mass is 296 g/mol. The van der Waals surface area contributed by atoms with Crippen LogP contribution in [-0.2, 0) is 4.79 Å². The Labute approximate surface area is 128 Å². The number of benzene rings is 2. The molecule has 0 atom stereocenters. The molecule has 0 spiro atoms. The Bertz CT molecular complexity index is 681. The smallest absolute Gasteiger partial charge is 0.273 e. The number of carbonyl (C=O) groups excluding carboxylic acids is 2. The van der Waals surface area contributed by atoms with E-state index in [2.05, 4.69) is 10.9 Å². The number of carbonyl (C=O) groups is 2. The van der Waals surface area contributed by atoms with Crippen molar-refractivity contribution in [3.05, 3.63) is 71.8 Å². The van der Waals surface area contributed by atoms with Crippen molar-refractivity contribution in [2.45, 2.75) is 0 Å². The maximum absolute atomic E-state index is 12.0. The highest BCUT2D eigenvalue weighted by Gasteiger charge is 2.11. The van der Waals surface area contributed by atoms with Gasteiger partial charge in [0.1, 0.15) is 5.75 Å². The van der Waals surface area contributed by atoms with E-state index >= 15 is 0 Å². The van der Waals surface area contributed by atoms with Crippen LogP contribution in [0.25, 0.3) is 6.08 Å². The minimum atomic E-state index is -0.445. The van der Waals surface area contributed by atoms with Crippen LogP contribution < -0.4 is 15.6 Å². The lowest BCUT2D eigenvalue weighted by atomic mass is 10.2. The number of hydrazine groups is 1. The topological polar surface area (TPSA) is 67.4 Å². The van der Waals surface area contributed by atoms with Gasteiger partial charge in [0.15, 0.2) is 0 Å². The first kappa shape index (κ1) is 15.3. The molecule has 0 bridgehead atoms. The van der Waals surface area contributed by atoms with E-state index in [1.807, 2.05) is 30.3 Å². The molecule has 2 N–H and O–H groups in total. The van der Waals surface area contributed by atoms with Crippen LogP contribution in [0.1, 0.15) is 15.9 Å². The van der Waals surface area contributed by atoms with Crippen LogP contribution in [0.5, 0.6) is 5.75 Å². The van der Waals surface area contributed by atoms with Gasteiger partial charge in [0.05, 0.1) is 12.7 Å². The summed E-state index contributed by atoms with van der Waals surface area (Å²) in [5, 5.41) is 0. The number of amides is 2. The Balaban J connectivity index is 1.91. The summed E-state index contributed by atoms with van der Waals surface area (Å²) in [5.74, 6) is -0.430. The number of methoxy groups -OCH3 is 1. The summed E-state index contributed by atoms with van der Waals surface area (Å²) >= 11 is 0. The standard InChI is InChI=1S/C17H16N2O3/c1-22-15-10-6-5-9-14(15)17(21)19-18-16(20)12-11-13-7-3-2-4-8-13/h2-12H,1H3,(H,18,20)(H,19,21)/b12-11+. The van der Waals surface area contributed by atoms with Gasteiger partial charge in [-0.3, -0.25) is 20.4 Å². The number of para-hydroxylation sites is 1. The predicted octanol–water partition coefficient (Wildman–Crippen LogP) is 2.17. The minimum Gasteiger partial charge on any atom is -0.496 e. The molecule has 0 fully saturated rings. The molecule has 0 heterocycles. The number of ether oxygens (including phenoxy) is 1. The van der Waals surface area contributed by atoms with E-state index in [1.165, 1.54) is 13.2 Å². The molecule has 0 aliphatic carbocycles. The van der Waals surface area contributed by atoms with Gasteiger partial charge in [-0.05, 0) is 23.8 Å². The van der Waals surface area contributed by atoms with Crippen LogP contribution in [0.3, 0.4) is 0 Å². The van der Waals surface area contributed by atoms with Gasteiger partial charge < -0.3 is 4.74 Å². The van der Waals surface area contributed by atoms with E-state index in [1.54, 1.807) is 30.3 Å². The number of rotatable bonds is 4. The van der Waals surface area contributed by atoms with Crippen molar-refractivity contribution >= 4 is 17.9 Å². The highest BCUT2D eigenvalue weighted by Crippen LogP contribution is 2.16. The first-order valence-corrected chi connectivity index (χ1v) is 6.67. The lowest BCUT2D eigenvalue weighted by Crippen LogP contribution is -2.40. The average molecular weight is 296 g/mol. The lowest BCUT2D eigenvalue weighted by Gasteiger charge is -2.08. The SMILES string of the molecule is COc1ccccc1C(=O)NNC(=O)/C=C/c1ccccc1. The fraction of sp³-hybridized carbons (Fsp3) is 0.0588. The van der Waals surface area contributed by atoms with E-state index in [0.29, 0.717) is 11.3 Å². The van der Waals surface area contributed by atoms with Gasteiger partial charge in [0.25, 0.3) is 11.8 Å². The second-order valence-electron chi connectivity index (χ2n) is 4.39. The molecule has 0 saturated heterocycles. The molecule has 22 heavy (non-hydrogen) atoms. The second-order valence-corrected chi connectivity index (χ2v) is 4.39. The largest absolute Gasteiger partial charge is 0.496 e. The van der Waals surface area contributed by atoms with Crippen LogP contribution >= 0.6 is 0 Å². The van der Waals surface area contributed by atoms with Gasteiger partial charge in [0, 0.05) is 6.08 Å². The van der Waals surface area contributed by atoms with Crippen molar-refractivity contribution in [1.29, 1.82) is 0 Å². The number of hydrogen-bond donors (Lipinski definition) is 2. The van der Waals surface area contributed by atoms with E-state index in [-0.39, 0.29) is 0 Å². The summed E-state index contributed by atoms with van der Waals surface area (Å²) in [4.78, 5) is 23.6. The van der Waals surface area contributed by atoms with Gasteiger partial charge in [-0.25, -0.2) is 0 Å². The first-order chi connectivity index (χ1) is 10.7. The van der Waals surface area contributed by atoms with Gasteiger partial charge in [-0.1, -0.05) is 42.5 Å². The van der Waals surface area contributed by atoms with Crippen molar-refractivity contribution < 1.29 is 14.3 Å². The molecule has 0 aromatic heterocycles. The molecule has 5 nitrogen and oxygen atoms in total. The summed E-state index contributed by atoms with van der Waals surface area (Å²) < 4.78 is 5.09. The van der Waals surface area contributed by atoms with Crippen LogP contribution in [0, 0.1) is 0 Å². The van der Waals surface area contributed by atoms with Gasteiger partial charge in [-0.2, -0.15) is 0 Å². The molecule has 0 saturated carbocycles. The third-order valence-electron chi connectivity index (χ3n) is 2.88. The Morgan fingerprint density at radius 3 is 2.36 bits per heavy atom. The molecular formula is C17H16N2O3. The maximum Gasteiger partial charge on any atom is 0.273 e. The van der Waals surface area contributed by atoms with Crippen LogP contribution in [-0.4, -0.2) is 18.9 Å². The van der Waals surface area contributed by atoms with Crippen molar-refractivity contribution in [3.63, 3.8) is 0 Å².